The van der Waals surface area contributed by atoms with Gasteiger partial charge in [-0.3, -0.25) is 9.88 Å². The van der Waals surface area contributed by atoms with E-state index in [4.69, 9.17) is 14.7 Å². The summed E-state index contributed by atoms with van der Waals surface area (Å²) in [6.07, 6.45) is 5.56. The largest absolute Gasteiger partial charge is 0.453 e. The Labute approximate surface area is 225 Å². The summed E-state index contributed by atoms with van der Waals surface area (Å²) in [5.41, 5.74) is 0.991. The number of aldehydes is 1. The van der Waals surface area contributed by atoms with Crippen LogP contribution in [0.25, 0.3) is 10.2 Å². The molecule has 11 heteroatoms. The summed E-state index contributed by atoms with van der Waals surface area (Å²) < 4.78 is 12.0. The smallest absolute Gasteiger partial charge is 0.208 e. The number of hydrogen-bond acceptors (Lipinski definition) is 11. The molecule has 1 saturated heterocycles. The second kappa shape index (κ2) is 10.9. The number of ether oxygens (including phenoxy) is 1. The van der Waals surface area contributed by atoms with E-state index < -0.39 is 0 Å². The number of thiophene rings is 1. The summed E-state index contributed by atoms with van der Waals surface area (Å²) in [4.78, 5) is 28.9. The molecule has 0 amide bonds. The number of carbonyl (C=O) groups is 1. The van der Waals surface area contributed by atoms with E-state index in [2.05, 4.69) is 25.0 Å². The summed E-state index contributed by atoms with van der Waals surface area (Å²) in [6, 6.07) is 15.7. The zero-order valence-electron chi connectivity index (χ0n) is 19.6. The molecule has 37 heavy (non-hydrogen) atoms. The Hall–Kier alpha value is -3.38. The Balaban J connectivity index is 1.25. The average Bonchev–Trinajstić information content (AvgIpc) is 3.68. The normalized spacial score (nSPS) is 15.7. The standard InChI is InChI=1S/C26H22N6O2S3/c33-12-11-32-10-7-17(16-32)24-29-26(37-31-24)30-25-21(34-18-4-2-1-3-5-18)14-19(15-28-25)36-22-6-9-27-20-8-13-35-23(20)22/h1-6,8-9,12-15,17H,7,10-11,16H2,(H,28,29,30,31). The molecule has 8 nitrogen and oxygen atoms in total. The summed E-state index contributed by atoms with van der Waals surface area (Å²) in [7, 11) is 0. The maximum absolute atomic E-state index is 10.8. The summed E-state index contributed by atoms with van der Waals surface area (Å²) in [5, 5.41) is 6.02. The van der Waals surface area contributed by atoms with Crippen LogP contribution in [0.3, 0.4) is 0 Å². The molecular formula is C26H22N6O2S3. The number of aromatic nitrogens is 4. The number of fused-ring (bicyclic) bond motifs is 1. The van der Waals surface area contributed by atoms with Crippen LogP contribution in [0, 0.1) is 0 Å². The van der Waals surface area contributed by atoms with Crippen LogP contribution in [-0.2, 0) is 4.79 Å². The van der Waals surface area contributed by atoms with Crippen molar-refractivity contribution in [3.63, 3.8) is 0 Å². The topological polar surface area (TPSA) is 93.1 Å². The van der Waals surface area contributed by atoms with Gasteiger partial charge >= 0.3 is 0 Å². The predicted molar refractivity (Wildman–Crippen MR) is 148 cm³/mol. The van der Waals surface area contributed by atoms with Crippen molar-refractivity contribution in [1.29, 1.82) is 0 Å². The first-order valence-corrected chi connectivity index (χ1v) is 14.2. The molecule has 0 spiro atoms. The van der Waals surface area contributed by atoms with Gasteiger partial charge in [-0.1, -0.05) is 30.0 Å². The van der Waals surface area contributed by atoms with E-state index >= 15 is 0 Å². The van der Waals surface area contributed by atoms with Crippen LogP contribution in [0.2, 0.25) is 0 Å². The second-order valence-corrected chi connectivity index (χ2v) is 11.3. The van der Waals surface area contributed by atoms with Crippen molar-refractivity contribution >= 4 is 62.1 Å². The van der Waals surface area contributed by atoms with Crippen LogP contribution in [0.1, 0.15) is 18.2 Å². The molecule has 5 aromatic rings. The van der Waals surface area contributed by atoms with E-state index in [9.17, 15) is 4.79 Å². The maximum Gasteiger partial charge on any atom is 0.208 e. The number of anilines is 2. The number of nitrogens with zero attached hydrogens (tertiary/aromatic N) is 5. The van der Waals surface area contributed by atoms with E-state index in [-0.39, 0.29) is 5.92 Å². The lowest BCUT2D eigenvalue weighted by Gasteiger charge is -2.12. The van der Waals surface area contributed by atoms with Crippen LogP contribution >= 0.6 is 34.6 Å². The Bertz CT molecular complexity index is 1520. The first-order chi connectivity index (χ1) is 18.2. The van der Waals surface area contributed by atoms with Crippen LogP contribution in [0.5, 0.6) is 11.5 Å². The van der Waals surface area contributed by atoms with Gasteiger partial charge in [0.1, 0.15) is 17.9 Å². The van der Waals surface area contributed by atoms with Gasteiger partial charge in [-0.05, 0) is 42.6 Å². The zero-order valence-corrected chi connectivity index (χ0v) is 22.1. The molecule has 1 unspecified atom stereocenters. The first-order valence-electron chi connectivity index (χ1n) is 11.7. The number of rotatable bonds is 9. The molecule has 186 valence electrons. The number of benzene rings is 1. The lowest BCUT2D eigenvalue weighted by molar-refractivity contribution is -0.108. The molecule has 5 heterocycles. The maximum atomic E-state index is 10.8. The highest BCUT2D eigenvalue weighted by Crippen LogP contribution is 2.39. The van der Waals surface area contributed by atoms with Gasteiger partial charge in [0, 0.05) is 52.2 Å². The second-order valence-electron chi connectivity index (χ2n) is 8.47. The average molecular weight is 547 g/mol. The highest BCUT2D eigenvalue weighted by atomic mass is 32.2. The number of likely N-dealkylation sites (tertiary alicyclic amines) is 1. The third-order valence-electron chi connectivity index (χ3n) is 5.97. The number of carbonyl (C=O) groups excluding carboxylic acids is 1. The third-order valence-corrected chi connectivity index (χ3v) is 8.70. The van der Waals surface area contributed by atoms with Crippen molar-refractivity contribution in [2.24, 2.45) is 0 Å². The SMILES string of the molecule is O=CCN1CCC(c2nsc(Nc3ncc(Sc4ccnc5ccsc45)cc3Oc3ccccc3)n2)C1. The van der Waals surface area contributed by atoms with Crippen molar-refractivity contribution in [2.75, 3.05) is 25.0 Å². The minimum Gasteiger partial charge on any atom is -0.453 e. The lowest BCUT2D eigenvalue weighted by atomic mass is 10.1. The molecule has 0 radical (unpaired) electrons. The van der Waals surface area contributed by atoms with Gasteiger partial charge in [-0.25, -0.2) is 9.97 Å². The van der Waals surface area contributed by atoms with Gasteiger partial charge in [0.15, 0.2) is 11.6 Å². The molecule has 1 aliphatic heterocycles. The monoisotopic (exact) mass is 546 g/mol. The van der Waals surface area contributed by atoms with Crippen LogP contribution in [0.4, 0.5) is 10.9 Å². The van der Waals surface area contributed by atoms with E-state index in [1.54, 1.807) is 23.1 Å². The molecule has 0 bridgehead atoms. The van der Waals surface area contributed by atoms with Gasteiger partial charge in [-0.2, -0.15) is 4.37 Å². The Morgan fingerprint density at radius 2 is 2.11 bits per heavy atom. The third kappa shape index (κ3) is 5.49. The summed E-state index contributed by atoms with van der Waals surface area (Å²) in [6.45, 7) is 2.14. The van der Waals surface area contributed by atoms with Crippen LogP contribution in [0.15, 0.2) is 76.1 Å². The highest BCUT2D eigenvalue weighted by Gasteiger charge is 2.27. The number of nitrogens with one attached hydrogen (secondary N) is 1. The van der Waals surface area contributed by atoms with Crippen LogP contribution in [-0.4, -0.2) is 50.1 Å². The molecule has 0 aliphatic carbocycles. The van der Waals surface area contributed by atoms with E-state index in [0.29, 0.717) is 23.2 Å². The van der Waals surface area contributed by atoms with Gasteiger partial charge in [0.2, 0.25) is 5.13 Å². The molecule has 4 aromatic heterocycles. The fraction of sp³-hybridized carbons (Fsp3) is 0.192. The molecule has 1 atom stereocenters. The predicted octanol–water partition coefficient (Wildman–Crippen LogP) is 6.22. The molecule has 1 aromatic carbocycles. The molecule has 0 saturated carbocycles. The molecular weight excluding hydrogens is 525 g/mol. The molecule has 1 N–H and O–H groups in total. The summed E-state index contributed by atoms with van der Waals surface area (Å²) in [5.74, 6) is 2.92. The van der Waals surface area contributed by atoms with E-state index in [1.807, 2.05) is 60.9 Å². The number of hydrogen-bond donors (Lipinski definition) is 1. The van der Waals surface area contributed by atoms with Crippen molar-refractivity contribution < 1.29 is 9.53 Å². The number of pyridine rings is 2. The van der Waals surface area contributed by atoms with Crippen molar-refractivity contribution in [3.8, 4) is 11.5 Å². The lowest BCUT2D eigenvalue weighted by Crippen LogP contribution is -2.22. The molecule has 1 aliphatic rings. The fourth-order valence-electron chi connectivity index (χ4n) is 4.19. The van der Waals surface area contributed by atoms with Crippen molar-refractivity contribution in [3.05, 3.63) is 72.1 Å². The first kappa shape index (κ1) is 24.0. The Morgan fingerprint density at radius 1 is 1.19 bits per heavy atom. The van der Waals surface area contributed by atoms with Gasteiger partial charge in [0.25, 0.3) is 0 Å². The Kier molecular flexibility index (Phi) is 7.09. The van der Waals surface area contributed by atoms with E-state index in [1.165, 1.54) is 11.5 Å². The zero-order chi connectivity index (χ0) is 25.0. The van der Waals surface area contributed by atoms with E-state index in [0.717, 1.165) is 57.4 Å². The minimum atomic E-state index is 0.230. The van der Waals surface area contributed by atoms with Crippen molar-refractivity contribution in [1.82, 2.24) is 24.2 Å². The quantitative estimate of drug-likeness (QED) is 0.216. The molecule has 6 rings (SSSR count). The molecule has 1 fully saturated rings. The summed E-state index contributed by atoms with van der Waals surface area (Å²) >= 11 is 4.61. The Morgan fingerprint density at radius 3 is 3.00 bits per heavy atom. The van der Waals surface area contributed by atoms with Gasteiger partial charge in [0.05, 0.1) is 16.8 Å². The number of para-hydroxylation sites is 1. The highest BCUT2D eigenvalue weighted by molar-refractivity contribution is 7.99. The van der Waals surface area contributed by atoms with Crippen molar-refractivity contribution in [2.45, 2.75) is 22.1 Å². The van der Waals surface area contributed by atoms with Crippen LogP contribution < -0.4 is 10.1 Å². The minimum absolute atomic E-state index is 0.230. The van der Waals surface area contributed by atoms with Gasteiger partial charge in [-0.15, -0.1) is 11.3 Å². The fourth-order valence-corrected chi connectivity index (χ4v) is 6.72. The van der Waals surface area contributed by atoms with Gasteiger partial charge < -0.3 is 14.8 Å².